The van der Waals surface area contributed by atoms with Crippen molar-refractivity contribution in [3.05, 3.63) is 12.2 Å². The Hall–Kier alpha value is -1.00. The van der Waals surface area contributed by atoms with Gasteiger partial charge in [0.2, 0.25) is 16.6 Å². The third kappa shape index (κ3) is 22.6. The van der Waals surface area contributed by atoms with Gasteiger partial charge in [-0.1, -0.05) is 6.58 Å². The van der Waals surface area contributed by atoms with Crippen LogP contribution in [-0.2, 0) is 19.9 Å². The van der Waals surface area contributed by atoms with Gasteiger partial charge in [-0.05, 0) is 14.0 Å². The summed E-state index contributed by atoms with van der Waals surface area (Å²) < 4.78 is 38.5. The fraction of sp³-hybridized carbons (Fsp3) is 0.700. The summed E-state index contributed by atoms with van der Waals surface area (Å²) >= 11 is 0. The number of ether oxygens (including phenoxy) is 1. The number of esters is 1. The minimum Gasteiger partial charge on any atom is -0.726 e. The van der Waals surface area contributed by atoms with Crippen LogP contribution in [0.5, 0.6) is 0 Å². The predicted molar refractivity (Wildman–Crippen MR) is 70.8 cm³/mol. The van der Waals surface area contributed by atoms with Crippen LogP contribution >= 0.6 is 0 Å². The predicted octanol–water partition coefficient (Wildman–Crippen LogP) is -0.263. The van der Waals surface area contributed by atoms with Crippen molar-refractivity contribution < 1.29 is 31.5 Å². The van der Waals surface area contributed by atoms with E-state index in [1.54, 1.807) is 6.92 Å². The fourth-order valence-corrected chi connectivity index (χ4v) is 0.414. The molecule has 0 heterocycles. The molecule has 1 atom stereocenters. The number of carbonyl (C=O) groups excluding carboxylic acids is 1. The van der Waals surface area contributed by atoms with Gasteiger partial charge in [-0.2, -0.15) is 0 Å². The molecular formula is C10H24N2O6S. The van der Waals surface area contributed by atoms with E-state index in [1.807, 2.05) is 28.1 Å². The standard InChI is InChI=1S/C9H18NO2.CH5N.H2O4S/c1-7(2)9(11)12-8(3)10(4,5)6;1-2;1-5(2,3)4/h8H,1H2,2-6H3;2H2,1H3;(H2,1,2,3,4)/q+1;;/p-1. The van der Waals surface area contributed by atoms with Crippen molar-refractivity contribution in [3.63, 3.8) is 0 Å². The highest BCUT2D eigenvalue weighted by molar-refractivity contribution is 7.79. The highest BCUT2D eigenvalue weighted by Gasteiger charge is 2.22. The van der Waals surface area contributed by atoms with E-state index < -0.39 is 10.4 Å². The normalized spacial score (nSPS) is 12.1. The molecule has 116 valence electrons. The average molecular weight is 300 g/mol. The lowest BCUT2D eigenvalue weighted by Gasteiger charge is -2.30. The summed E-state index contributed by atoms with van der Waals surface area (Å²) in [7, 11) is 2.49. The summed E-state index contributed by atoms with van der Waals surface area (Å²) in [6.45, 7) is 7.01. The fourth-order valence-electron chi connectivity index (χ4n) is 0.414. The lowest BCUT2D eigenvalue weighted by Crippen LogP contribution is -2.45. The molecule has 1 unspecified atom stereocenters. The molecule has 8 nitrogen and oxygen atoms in total. The highest BCUT2D eigenvalue weighted by atomic mass is 32.3. The van der Waals surface area contributed by atoms with Gasteiger partial charge < -0.3 is 15.0 Å². The Bertz CT molecular complexity index is 364. The van der Waals surface area contributed by atoms with Gasteiger partial charge in [-0.3, -0.25) is 9.04 Å². The first-order valence-electron chi connectivity index (χ1n) is 5.18. The Morgan fingerprint density at radius 3 is 1.79 bits per heavy atom. The van der Waals surface area contributed by atoms with Crippen molar-refractivity contribution in [2.24, 2.45) is 5.73 Å². The first kappa shape index (κ1) is 23.1. The molecule has 0 aromatic carbocycles. The number of quaternary nitrogens is 1. The monoisotopic (exact) mass is 300 g/mol. The van der Waals surface area contributed by atoms with Crippen LogP contribution in [0.1, 0.15) is 13.8 Å². The maximum Gasteiger partial charge on any atom is 0.337 e. The van der Waals surface area contributed by atoms with Crippen LogP contribution in [0.15, 0.2) is 12.2 Å². The van der Waals surface area contributed by atoms with Crippen molar-refractivity contribution in [1.29, 1.82) is 0 Å². The second-order valence-electron chi connectivity index (χ2n) is 4.33. The number of hydrogen-bond donors (Lipinski definition) is 2. The zero-order valence-corrected chi connectivity index (χ0v) is 13.0. The molecule has 0 aliphatic heterocycles. The maximum absolute atomic E-state index is 11.1. The quantitative estimate of drug-likeness (QED) is 0.183. The molecule has 0 amide bonds. The van der Waals surface area contributed by atoms with Crippen LogP contribution in [0.2, 0.25) is 0 Å². The zero-order valence-electron chi connectivity index (χ0n) is 12.2. The molecule has 0 aromatic heterocycles. The molecule has 0 spiro atoms. The SMILES string of the molecule is C=C(C)C(=O)OC(C)[N+](C)(C)C.CN.O=S(=O)([O-])O. The molecule has 0 fully saturated rings. The van der Waals surface area contributed by atoms with Gasteiger partial charge in [0.1, 0.15) is 0 Å². The summed E-state index contributed by atoms with van der Waals surface area (Å²) in [4.78, 5) is 11.1. The van der Waals surface area contributed by atoms with E-state index in [0.29, 0.717) is 10.1 Å². The minimum absolute atomic E-state index is 0.144. The van der Waals surface area contributed by atoms with Crippen LogP contribution in [-0.4, -0.2) is 62.4 Å². The Labute approximate surface area is 115 Å². The molecule has 0 saturated heterocycles. The van der Waals surface area contributed by atoms with Crippen LogP contribution < -0.4 is 5.73 Å². The molecule has 0 aromatic rings. The molecular weight excluding hydrogens is 276 g/mol. The molecule has 0 aliphatic rings. The van der Waals surface area contributed by atoms with E-state index >= 15 is 0 Å². The third-order valence-corrected chi connectivity index (χ3v) is 1.72. The number of hydrogen-bond acceptors (Lipinski definition) is 6. The van der Waals surface area contributed by atoms with Crippen LogP contribution in [0.3, 0.4) is 0 Å². The summed E-state index contributed by atoms with van der Waals surface area (Å²) in [5.74, 6) is -0.324. The van der Waals surface area contributed by atoms with E-state index in [4.69, 9.17) is 22.3 Å². The molecule has 0 rings (SSSR count). The van der Waals surface area contributed by atoms with Crippen molar-refractivity contribution in [3.8, 4) is 0 Å². The Morgan fingerprint density at radius 2 is 1.63 bits per heavy atom. The van der Waals surface area contributed by atoms with Gasteiger partial charge >= 0.3 is 5.97 Å². The molecule has 9 heteroatoms. The summed E-state index contributed by atoms with van der Waals surface area (Å²) in [6.07, 6.45) is -0.144. The molecule has 0 radical (unpaired) electrons. The Kier molecular flexibility index (Phi) is 12.0. The number of rotatable bonds is 3. The zero-order chi connectivity index (χ0) is 16.4. The van der Waals surface area contributed by atoms with Gasteiger partial charge in [0.05, 0.1) is 21.1 Å². The van der Waals surface area contributed by atoms with E-state index in [2.05, 4.69) is 12.3 Å². The Balaban J connectivity index is -0.000000307. The van der Waals surface area contributed by atoms with E-state index in [1.165, 1.54) is 7.05 Å². The summed E-state index contributed by atoms with van der Waals surface area (Å²) in [5, 5.41) is 0. The van der Waals surface area contributed by atoms with Gasteiger partial charge in [-0.15, -0.1) is 0 Å². The lowest BCUT2D eigenvalue weighted by atomic mass is 10.3. The Morgan fingerprint density at radius 1 is 1.37 bits per heavy atom. The number of nitrogens with zero attached hydrogens (tertiary/aromatic N) is 1. The number of carbonyl (C=O) groups is 1. The van der Waals surface area contributed by atoms with Crippen molar-refractivity contribution in [2.45, 2.75) is 20.1 Å². The highest BCUT2D eigenvalue weighted by Crippen LogP contribution is 2.06. The second kappa shape index (κ2) is 9.87. The molecule has 19 heavy (non-hydrogen) atoms. The number of nitrogens with two attached hydrogens (primary N) is 1. The van der Waals surface area contributed by atoms with E-state index in [0.717, 1.165) is 0 Å². The van der Waals surface area contributed by atoms with E-state index in [9.17, 15) is 4.79 Å². The summed E-state index contributed by atoms with van der Waals surface area (Å²) in [6, 6.07) is 0. The molecule has 0 aliphatic carbocycles. The largest absolute Gasteiger partial charge is 0.726 e. The minimum atomic E-state index is -4.92. The van der Waals surface area contributed by atoms with Crippen LogP contribution in [0.4, 0.5) is 0 Å². The van der Waals surface area contributed by atoms with Crippen molar-refractivity contribution >= 4 is 16.4 Å². The van der Waals surface area contributed by atoms with Gasteiger partial charge in [0.25, 0.3) is 0 Å². The molecule has 0 bridgehead atoms. The topological polar surface area (TPSA) is 130 Å². The summed E-state index contributed by atoms with van der Waals surface area (Å²) in [5.41, 5.74) is 4.94. The van der Waals surface area contributed by atoms with Gasteiger partial charge in [0, 0.05) is 12.5 Å². The van der Waals surface area contributed by atoms with Crippen LogP contribution in [0, 0.1) is 0 Å². The van der Waals surface area contributed by atoms with Crippen molar-refractivity contribution in [2.75, 3.05) is 28.2 Å². The molecule has 0 saturated carbocycles. The van der Waals surface area contributed by atoms with E-state index in [-0.39, 0.29) is 12.2 Å². The smallest absolute Gasteiger partial charge is 0.337 e. The maximum atomic E-state index is 11.1. The third-order valence-electron chi connectivity index (χ3n) is 1.72. The van der Waals surface area contributed by atoms with Gasteiger partial charge in [-0.25, -0.2) is 13.2 Å². The lowest BCUT2D eigenvalue weighted by molar-refractivity contribution is -0.914. The first-order valence-corrected chi connectivity index (χ1v) is 6.55. The van der Waals surface area contributed by atoms with Crippen molar-refractivity contribution in [1.82, 2.24) is 0 Å². The molecule has 3 N–H and O–H groups in total. The first-order chi connectivity index (χ1) is 8.25. The average Bonchev–Trinajstić information content (AvgIpc) is 2.16. The van der Waals surface area contributed by atoms with Crippen LogP contribution in [0.25, 0.3) is 0 Å². The van der Waals surface area contributed by atoms with Gasteiger partial charge in [0.15, 0.2) is 0 Å². The second-order valence-corrected chi connectivity index (χ2v) is 5.18.